The van der Waals surface area contributed by atoms with Crippen LogP contribution in [-0.4, -0.2) is 17.5 Å². The topological polar surface area (TPSA) is 26.0 Å². The summed E-state index contributed by atoms with van der Waals surface area (Å²) >= 11 is 14.2. The third kappa shape index (κ3) is 2.62. The van der Waals surface area contributed by atoms with E-state index in [2.05, 4.69) is 0 Å². The van der Waals surface area contributed by atoms with Gasteiger partial charge in [0.25, 0.3) is 0 Å². The van der Waals surface area contributed by atoms with Crippen LogP contribution in [0.25, 0.3) is 0 Å². The number of thioether (sulfide) groups is 1. The van der Waals surface area contributed by atoms with Crippen LogP contribution in [0.3, 0.4) is 0 Å². The fourth-order valence-corrected chi connectivity index (χ4v) is 3.71. The van der Waals surface area contributed by atoms with E-state index >= 15 is 0 Å². The molecule has 0 aromatic heterocycles. The highest BCUT2D eigenvalue weighted by Crippen LogP contribution is 2.31. The molecule has 1 saturated heterocycles. The number of halogens is 2. The Bertz CT molecular complexity index is 336. The molecule has 1 aliphatic rings. The molecule has 1 fully saturated rings. The highest BCUT2D eigenvalue weighted by molar-refractivity contribution is 7.99. The van der Waals surface area contributed by atoms with Crippen molar-refractivity contribution in [2.45, 2.75) is 12.5 Å². The molecule has 1 nitrogen and oxygen atoms in total. The zero-order chi connectivity index (χ0) is 10.8. The molecule has 15 heavy (non-hydrogen) atoms. The predicted molar refractivity (Wildman–Crippen MR) is 69.0 cm³/mol. The van der Waals surface area contributed by atoms with Crippen molar-refractivity contribution in [2.75, 3.05) is 11.5 Å². The van der Waals surface area contributed by atoms with E-state index in [1.165, 1.54) is 0 Å². The maximum atomic E-state index is 6.12. The first-order chi connectivity index (χ1) is 7.18. The van der Waals surface area contributed by atoms with E-state index in [0.717, 1.165) is 33.5 Å². The minimum atomic E-state index is 0.280. The summed E-state index contributed by atoms with van der Waals surface area (Å²) in [5.41, 5.74) is 7.07. The van der Waals surface area contributed by atoms with Crippen LogP contribution in [0.15, 0.2) is 18.2 Å². The van der Waals surface area contributed by atoms with Gasteiger partial charge in [-0.05, 0) is 35.8 Å². The molecule has 1 heterocycles. The zero-order valence-electron chi connectivity index (χ0n) is 8.25. The Morgan fingerprint density at radius 3 is 2.47 bits per heavy atom. The van der Waals surface area contributed by atoms with Crippen molar-refractivity contribution < 1.29 is 0 Å². The van der Waals surface area contributed by atoms with E-state index in [0.29, 0.717) is 5.92 Å². The first kappa shape index (κ1) is 11.6. The van der Waals surface area contributed by atoms with E-state index < -0.39 is 0 Å². The molecule has 0 amide bonds. The molecule has 4 heteroatoms. The summed E-state index contributed by atoms with van der Waals surface area (Å²) in [6.45, 7) is 0. The largest absolute Gasteiger partial charge is 0.327 e. The number of hydrogen-bond acceptors (Lipinski definition) is 2. The molecular formula is C11H13Cl2NS. The first-order valence-corrected chi connectivity index (χ1v) is 6.85. The SMILES string of the molecule is NC1CSCC1Cc1c(Cl)cccc1Cl. The van der Waals surface area contributed by atoms with Crippen LogP contribution < -0.4 is 5.73 Å². The normalized spacial score (nSPS) is 25.8. The van der Waals surface area contributed by atoms with Crippen LogP contribution in [0.1, 0.15) is 5.56 Å². The van der Waals surface area contributed by atoms with Crippen molar-refractivity contribution in [3.8, 4) is 0 Å². The highest BCUT2D eigenvalue weighted by Gasteiger charge is 2.25. The lowest BCUT2D eigenvalue weighted by Gasteiger charge is -2.16. The first-order valence-electron chi connectivity index (χ1n) is 4.94. The van der Waals surface area contributed by atoms with Crippen LogP contribution in [0.2, 0.25) is 10.0 Å². The average Bonchev–Trinajstić information content (AvgIpc) is 2.58. The van der Waals surface area contributed by atoms with Crippen LogP contribution >= 0.6 is 35.0 Å². The molecule has 82 valence electrons. The van der Waals surface area contributed by atoms with Gasteiger partial charge in [0.15, 0.2) is 0 Å². The summed E-state index contributed by atoms with van der Waals surface area (Å²) in [5.74, 6) is 2.67. The standard InChI is InChI=1S/C11H13Cl2NS/c12-9-2-1-3-10(13)8(9)4-7-5-15-6-11(7)14/h1-3,7,11H,4-6,14H2. The van der Waals surface area contributed by atoms with Crippen molar-refractivity contribution >= 4 is 35.0 Å². The van der Waals surface area contributed by atoms with Gasteiger partial charge >= 0.3 is 0 Å². The molecule has 2 unspecified atom stereocenters. The lowest BCUT2D eigenvalue weighted by molar-refractivity contribution is 0.515. The van der Waals surface area contributed by atoms with Crippen LogP contribution in [-0.2, 0) is 6.42 Å². The molecule has 2 rings (SSSR count). The van der Waals surface area contributed by atoms with E-state index in [1.807, 2.05) is 30.0 Å². The van der Waals surface area contributed by atoms with Gasteiger partial charge in [0.05, 0.1) is 0 Å². The average molecular weight is 262 g/mol. The Hall–Kier alpha value is 0.110. The smallest absolute Gasteiger partial charge is 0.0452 e. The second-order valence-corrected chi connectivity index (χ2v) is 5.76. The molecule has 0 aliphatic carbocycles. The van der Waals surface area contributed by atoms with Gasteiger partial charge in [-0.2, -0.15) is 11.8 Å². The lowest BCUT2D eigenvalue weighted by atomic mass is 9.95. The third-order valence-electron chi connectivity index (χ3n) is 2.78. The Kier molecular flexibility index (Phi) is 3.83. The van der Waals surface area contributed by atoms with Gasteiger partial charge in [-0.15, -0.1) is 0 Å². The highest BCUT2D eigenvalue weighted by atomic mass is 35.5. The Morgan fingerprint density at radius 1 is 1.27 bits per heavy atom. The maximum Gasteiger partial charge on any atom is 0.0452 e. The lowest BCUT2D eigenvalue weighted by Crippen LogP contribution is -2.29. The fourth-order valence-electron chi connectivity index (χ4n) is 1.82. The maximum absolute atomic E-state index is 6.12. The van der Waals surface area contributed by atoms with E-state index in [-0.39, 0.29) is 6.04 Å². The molecule has 1 aromatic rings. The van der Waals surface area contributed by atoms with Gasteiger partial charge in [0.1, 0.15) is 0 Å². The fraction of sp³-hybridized carbons (Fsp3) is 0.455. The quantitative estimate of drug-likeness (QED) is 0.885. The minimum Gasteiger partial charge on any atom is -0.327 e. The van der Waals surface area contributed by atoms with E-state index in [4.69, 9.17) is 28.9 Å². The van der Waals surface area contributed by atoms with Gasteiger partial charge in [-0.1, -0.05) is 29.3 Å². The molecular weight excluding hydrogens is 249 g/mol. The summed E-state index contributed by atoms with van der Waals surface area (Å²) in [4.78, 5) is 0. The van der Waals surface area contributed by atoms with Crippen molar-refractivity contribution in [1.29, 1.82) is 0 Å². The minimum absolute atomic E-state index is 0.280. The van der Waals surface area contributed by atoms with Gasteiger partial charge in [-0.3, -0.25) is 0 Å². The van der Waals surface area contributed by atoms with Crippen LogP contribution in [0, 0.1) is 5.92 Å². The summed E-state index contributed by atoms with van der Waals surface area (Å²) < 4.78 is 0. The van der Waals surface area contributed by atoms with E-state index in [1.54, 1.807) is 0 Å². The van der Waals surface area contributed by atoms with Crippen molar-refractivity contribution in [3.63, 3.8) is 0 Å². The zero-order valence-corrected chi connectivity index (χ0v) is 10.6. The molecule has 1 aliphatic heterocycles. The summed E-state index contributed by atoms with van der Waals surface area (Å²) in [6.07, 6.45) is 0.896. The molecule has 0 bridgehead atoms. The van der Waals surface area contributed by atoms with Gasteiger partial charge < -0.3 is 5.73 Å². The Labute approximate surface area is 104 Å². The molecule has 2 atom stereocenters. The molecule has 2 N–H and O–H groups in total. The third-order valence-corrected chi connectivity index (χ3v) is 4.77. The second-order valence-electron chi connectivity index (χ2n) is 3.87. The summed E-state index contributed by atoms with van der Waals surface area (Å²) in [5, 5.41) is 1.51. The van der Waals surface area contributed by atoms with Crippen molar-refractivity contribution in [2.24, 2.45) is 11.7 Å². The monoisotopic (exact) mass is 261 g/mol. The summed E-state index contributed by atoms with van der Waals surface area (Å²) in [7, 11) is 0. The molecule has 1 aromatic carbocycles. The number of nitrogens with two attached hydrogens (primary N) is 1. The predicted octanol–water partition coefficient (Wildman–Crippen LogP) is 3.23. The molecule has 0 saturated carbocycles. The van der Waals surface area contributed by atoms with Crippen LogP contribution in [0.5, 0.6) is 0 Å². The van der Waals surface area contributed by atoms with Crippen molar-refractivity contribution in [1.82, 2.24) is 0 Å². The number of hydrogen-bond donors (Lipinski definition) is 1. The Morgan fingerprint density at radius 2 is 1.93 bits per heavy atom. The molecule has 0 spiro atoms. The van der Waals surface area contributed by atoms with Gasteiger partial charge in [-0.25, -0.2) is 0 Å². The van der Waals surface area contributed by atoms with Gasteiger partial charge in [0.2, 0.25) is 0 Å². The number of rotatable bonds is 2. The molecule has 0 radical (unpaired) electrons. The Balaban J connectivity index is 2.16. The van der Waals surface area contributed by atoms with E-state index in [9.17, 15) is 0 Å². The van der Waals surface area contributed by atoms with Gasteiger partial charge in [0, 0.05) is 21.8 Å². The summed E-state index contributed by atoms with van der Waals surface area (Å²) in [6, 6.07) is 5.92. The van der Waals surface area contributed by atoms with Crippen LogP contribution in [0.4, 0.5) is 0 Å². The second kappa shape index (κ2) is 4.96. The number of benzene rings is 1. The van der Waals surface area contributed by atoms with Crippen molar-refractivity contribution in [3.05, 3.63) is 33.8 Å².